The number of rotatable bonds is 10. The SMILES string of the molecule is NCCCC[C@@H]1NC(=O)[C@H](Cc2c[nH]c3ccccc23)NC(=O)[C@H](CO)NC(=O)[C@H]2CCCN2C(=O)[C@H](CO)NC(=O)[C@H](Cc2ccc(O)cc2)NC1=O. The van der Waals surface area contributed by atoms with Crippen LogP contribution >= 0.6 is 0 Å². The van der Waals surface area contributed by atoms with Gasteiger partial charge in [-0.15, -0.1) is 0 Å². The highest BCUT2D eigenvalue weighted by atomic mass is 16.3. The molecule has 17 heteroatoms. The third kappa shape index (κ3) is 9.71. The molecule has 5 rings (SSSR count). The van der Waals surface area contributed by atoms with E-state index < -0.39 is 84.9 Å². The summed E-state index contributed by atoms with van der Waals surface area (Å²) in [7, 11) is 0. The van der Waals surface area contributed by atoms with E-state index in [4.69, 9.17) is 5.73 Å². The number of hydrogen-bond donors (Lipinski definition) is 10. The van der Waals surface area contributed by atoms with Crippen LogP contribution in [0.1, 0.15) is 43.2 Å². The fourth-order valence-corrected chi connectivity index (χ4v) is 6.81. The Kier molecular flexibility index (Phi) is 13.6. The average molecular weight is 749 g/mol. The maximum Gasteiger partial charge on any atom is 0.248 e. The largest absolute Gasteiger partial charge is 0.508 e. The average Bonchev–Trinajstić information content (AvgIpc) is 3.83. The van der Waals surface area contributed by atoms with Crippen molar-refractivity contribution >= 4 is 46.3 Å². The van der Waals surface area contributed by atoms with Crippen LogP contribution in [0.25, 0.3) is 10.9 Å². The number of aromatic nitrogens is 1. The molecule has 0 bridgehead atoms. The van der Waals surface area contributed by atoms with Gasteiger partial charge >= 0.3 is 0 Å². The van der Waals surface area contributed by atoms with Crippen LogP contribution in [0.5, 0.6) is 5.75 Å². The Labute approximate surface area is 311 Å². The maximum absolute atomic E-state index is 14.1. The summed E-state index contributed by atoms with van der Waals surface area (Å²) in [6.07, 6.45) is 3.23. The van der Waals surface area contributed by atoms with E-state index in [-0.39, 0.29) is 38.0 Å². The number of H-pyrrole nitrogens is 1. The topological polar surface area (TPSA) is 268 Å². The van der Waals surface area contributed by atoms with Crippen LogP contribution in [0.4, 0.5) is 0 Å². The lowest BCUT2D eigenvalue weighted by atomic mass is 10.0. The Balaban J connectivity index is 1.52. The van der Waals surface area contributed by atoms with Crippen molar-refractivity contribution < 1.29 is 44.1 Å². The smallest absolute Gasteiger partial charge is 0.248 e. The Bertz CT molecular complexity index is 1820. The third-order valence-corrected chi connectivity index (χ3v) is 9.77. The molecule has 1 aromatic heterocycles. The summed E-state index contributed by atoms with van der Waals surface area (Å²) in [5.41, 5.74) is 7.72. The highest BCUT2D eigenvalue weighted by Gasteiger charge is 2.40. The quantitative estimate of drug-likeness (QED) is 0.104. The molecule has 2 saturated heterocycles. The number of nitrogens with two attached hydrogens (primary N) is 1. The number of aromatic amines is 1. The van der Waals surface area contributed by atoms with Crippen LogP contribution in [0.15, 0.2) is 54.7 Å². The number of aliphatic hydroxyl groups is 2. The van der Waals surface area contributed by atoms with Crippen LogP contribution in [0.2, 0.25) is 0 Å². The number of unbranched alkanes of at least 4 members (excludes halogenated alkanes) is 1. The maximum atomic E-state index is 14.1. The van der Waals surface area contributed by atoms with Gasteiger partial charge in [0.15, 0.2) is 0 Å². The standard InChI is InChI=1S/C37H48N8O9/c38-14-4-3-8-26-32(49)41-27(16-21-10-12-23(48)13-11-21)33(50)44-30(20-47)37(54)45-15-5-9-31(45)36(53)43-29(19-46)35(52)42-28(34(51)40-26)17-22-18-39-25-7-2-1-6-24(22)25/h1-2,6-7,10-13,18,26-31,39,46-48H,3-5,8-9,14-17,19-20,38H2,(H,40,51)(H,41,49)(H,42,52)(H,43,53)(H,44,50)/t26-,27-,28-,29-,30-,31+/m0/s1. The lowest BCUT2D eigenvalue weighted by Gasteiger charge is -2.31. The number of phenolic OH excluding ortho intramolecular Hbond substituents is 1. The van der Waals surface area contributed by atoms with E-state index >= 15 is 0 Å². The molecule has 0 unspecified atom stereocenters. The Morgan fingerprint density at radius 1 is 0.685 bits per heavy atom. The van der Waals surface area contributed by atoms with Gasteiger partial charge < -0.3 is 57.5 Å². The normalized spacial score (nSPS) is 24.8. The van der Waals surface area contributed by atoms with Crippen molar-refractivity contribution in [1.29, 1.82) is 0 Å². The van der Waals surface area contributed by atoms with E-state index in [0.717, 1.165) is 10.9 Å². The van der Waals surface area contributed by atoms with Gasteiger partial charge in [-0.25, -0.2) is 0 Å². The number of benzene rings is 2. The minimum atomic E-state index is -1.51. The zero-order valence-electron chi connectivity index (χ0n) is 29.8. The zero-order valence-corrected chi connectivity index (χ0v) is 29.8. The van der Waals surface area contributed by atoms with E-state index in [1.807, 2.05) is 24.3 Å². The van der Waals surface area contributed by atoms with Gasteiger partial charge in [-0.3, -0.25) is 28.8 Å². The molecule has 2 fully saturated rings. The summed E-state index contributed by atoms with van der Waals surface area (Å²) in [6.45, 7) is -1.23. The number of fused-ring (bicyclic) bond motifs is 2. The number of hydrogen-bond acceptors (Lipinski definition) is 10. The van der Waals surface area contributed by atoms with Crippen molar-refractivity contribution in [2.75, 3.05) is 26.3 Å². The van der Waals surface area contributed by atoms with Crippen LogP contribution in [0.3, 0.4) is 0 Å². The third-order valence-electron chi connectivity index (χ3n) is 9.77. The number of phenols is 1. The van der Waals surface area contributed by atoms with Gasteiger partial charge in [-0.2, -0.15) is 0 Å². The molecule has 3 aromatic rings. The molecular weight excluding hydrogens is 700 g/mol. The lowest BCUT2D eigenvalue weighted by Crippen LogP contribution is -2.62. The van der Waals surface area contributed by atoms with Crippen molar-refractivity contribution in [1.82, 2.24) is 36.5 Å². The molecule has 2 aliphatic heterocycles. The number of aliphatic hydroxyl groups excluding tert-OH is 2. The Hall–Kier alpha value is -5.52. The molecule has 17 nitrogen and oxygen atoms in total. The summed E-state index contributed by atoms with van der Waals surface area (Å²) < 4.78 is 0. The summed E-state index contributed by atoms with van der Waals surface area (Å²) in [5, 5.41) is 44.1. The second-order valence-electron chi connectivity index (χ2n) is 13.6. The zero-order chi connectivity index (χ0) is 38.8. The first-order chi connectivity index (χ1) is 26.0. The van der Waals surface area contributed by atoms with Crippen molar-refractivity contribution in [2.45, 2.75) is 81.2 Å². The fourth-order valence-electron chi connectivity index (χ4n) is 6.81. The van der Waals surface area contributed by atoms with E-state index in [1.165, 1.54) is 17.0 Å². The molecule has 3 heterocycles. The lowest BCUT2D eigenvalue weighted by molar-refractivity contribution is -0.143. The van der Waals surface area contributed by atoms with Gasteiger partial charge in [0.1, 0.15) is 42.0 Å². The summed E-state index contributed by atoms with van der Waals surface area (Å²) in [6, 6.07) is 5.37. The number of carbonyl (C=O) groups excluding carboxylic acids is 6. The molecule has 11 N–H and O–H groups in total. The van der Waals surface area contributed by atoms with Gasteiger partial charge in [0, 0.05) is 36.5 Å². The van der Waals surface area contributed by atoms with Crippen molar-refractivity contribution in [3.8, 4) is 5.75 Å². The first-order valence-corrected chi connectivity index (χ1v) is 18.1. The first kappa shape index (κ1) is 39.7. The predicted molar refractivity (Wildman–Crippen MR) is 195 cm³/mol. The molecule has 2 aliphatic rings. The van der Waals surface area contributed by atoms with Gasteiger partial charge in [0.05, 0.1) is 13.2 Å². The number of aromatic hydroxyl groups is 1. The van der Waals surface area contributed by atoms with Crippen LogP contribution < -0.4 is 32.3 Å². The number of nitrogens with zero attached hydrogens (tertiary/aromatic N) is 1. The summed E-state index contributed by atoms with van der Waals surface area (Å²) >= 11 is 0. The first-order valence-electron chi connectivity index (χ1n) is 18.1. The molecule has 0 aliphatic carbocycles. The highest BCUT2D eigenvalue weighted by molar-refractivity contribution is 5.99. The second kappa shape index (κ2) is 18.5. The molecule has 0 radical (unpaired) electrons. The molecule has 6 amide bonds. The van der Waals surface area contributed by atoms with Crippen LogP contribution in [0, 0.1) is 0 Å². The van der Waals surface area contributed by atoms with Crippen LogP contribution in [-0.2, 0) is 41.6 Å². The molecule has 2 aromatic carbocycles. The van der Waals surface area contributed by atoms with Crippen molar-refractivity contribution in [3.05, 3.63) is 65.9 Å². The van der Waals surface area contributed by atoms with E-state index in [1.54, 1.807) is 18.3 Å². The highest BCUT2D eigenvalue weighted by Crippen LogP contribution is 2.21. The van der Waals surface area contributed by atoms with Gasteiger partial charge in [-0.05, 0) is 68.0 Å². The van der Waals surface area contributed by atoms with E-state index in [9.17, 15) is 44.1 Å². The van der Waals surface area contributed by atoms with Crippen LogP contribution in [-0.4, -0.2) is 123 Å². The molecule has 6 atom stereocenters. The Morgan fingerprint density at radius 2 is 1.28 bits per heavy atom. The van der Waals surface area contributed by atoms with Gasteiger partial charge in [0.25, 0.3) is 0 Å². The van der Waals surface area contributed by atoms with Gasteiger partial charge in [-0.1, -0.05) is 30.3 Å². The number of nitrogens with one attached hydrogen (secondary N) is 6. The van der Waals surface area contributed by atoms with Gasteiger partial charge in [0.2, 0.25) is 35.4 Å². The molecule has 290 valence electrons. The molecule has 0 saturated carbocycles. The van der Waals surface area contributed by atoms with E-state index in [0.29, 0.717) is 36.9 Å². The number of para-hydroxylation sites is 1. The summed E-state index contributed by atoms with van der Waals surface area (Å²) in [4.78, 5) is 87.3. The van der Waals surface area contributed by atoms with Crippen molar-refractivity contribution in [2.24, 2.45) is 5.73 Å². The predicted octanol–water partition coefficient (Wildman–Crippen LogP) is -1.80. The second-order valence-corrected chi connectivity index (χ2v) is 13.6. The number of amides is 6. The minimum Gasteiger partial charge on any atom is -0.508 e. The molecule has 0 spiro atoms. The fraction of sp³-hybridized carbons (Fsp3) is 0.459. The van der Waals surface area contributed by atoms with E-state index in [2.05, 4.69) is 31.6 Å². The molecule has 54 heavy (non-hydrogen) atoms. The van der Waals surface area contributed by atoms with Crippen molar-refractivity contribution in [3.63, 3.8) is 0 Å². The minimum absolute atomic E-state index is 0.0191. The Morgan fingerprint density at radius 3 is 1.96 bits per heavy atom. The molecular formula is C37H48N8O9. The number of carbonyl (C=O) groups is 6. The monoisotopic (exact) mass is 748 g/mol. The summed E-state index contributed by atoms with van der Waals surface area (Å²) in [5.74, 6) is -4.68.